The minimum atomic E-state index is -0.921. The normalized spacial score (nSPS) is 16.2. The first-order valence-corrected chi connectivity index (χ1v) is 9.95. The Labute approximate surface area is 174 Å². The van der Waals surface area contributed by atoms with E-state index in [1.54, 1.807) is 18.2 Å². The molecule has 0 radical (unpaired) electrons. The predicted octanol–water partition coefficient (Wildman–Crippen LogP) is 2.67. The number of ether oxygens (including phenoxy) is 2. The largest absolute Gasteiger partial charge is 0.476 e. The summed E-state index contributed by atoms with van der Waals surface area (Å²) >= 11 is 0. The number of benzene rings is 2. The zero-order chi connectivity index (χ0) is 21.1. The Morgan fingerprint density at radius 3 is 2.53 bits per heavy atom. The van der Waals surface area contributed by atoms with Gasteiger partial charge in [0.2, 0.25) is 0 Å². The monoisotopic (exact) mass is 408 g/mol. The Kier molecular flexibility index (Phi) is 5.72. The Bertz CT molecular complexity index is 1090. The van der Waals surface area contributed by atoms with E-state index in [0.717, 1.165) is 5.56 Å². The molecule has 1 aliphatic rings. The zero-order valence-corrected chi connectivity index (χ0v) is 16.7. The average molecular weight is 408 g/mol. The molecule has 4 rings (SSSR count). The van der Waals surface area contributed by atoms with E-state index in [2.05, 4.69) is 0 Å². The van der Waals surface area contributed by atoms with E-state index in [0.29, 0.717) is 48.9 Å². The summed E-state index contributed by atoms with van der Waals surface area (Å²) < 4.78 is 17.5. The summed E-state index contributed by atoms with van der Waals surface area (Å²) in [6.07, 6.45) is -0.921. The third-order valence-corrected chi connectivity index (χ3v) is 5.34. The van der Waals surface area contributed by atoms with Gasteiger partial charge in [0.15, 0.2) is 28.7 Å². The Morgan fingerprint density at radius 2 is 1.83 bits per heavy atom. The van der Waals surface area contributed by atoms with E-state index in [1.807, 2.05) is 42.2 Å². The Balaban J connectivity index is 1.72. The van der Waals surface area contributed by atoms with Crippen molar-refractivity contribution in [3.8, 4) is 5.75 Å². The maximum absolute atomic E-state index is 12.7. The number of fused-ring (bicyclic) bond motifs is 1. The number of nitrogens with two attached hydrogens (primary N) is 1. The number of nitrogens with zero attached hydrogens (tertiary/aromatic N) is 1. The van der Waals surface area contributed by atoms with Crippen molar-refractivity contribution in [3.63, 3.8) is 0 Å². The number of hydrogen-bond donors (Lipinski definition) is 1. The number of carbonyl (C=O) groups excluding carboxylic acids is 1. The van der Waals surface area contributed by atoms with E-state index in [4.69, 9.17) is 19.6 Å². The van der Waals surface area contributed by atoms with Crippen LogP contribution >= 0.6 is 0 Å². The number of hydrogen-bond acceptors (Lipinski definition) is 6. The topological polar surface area (TPSA) is 95.0 Å². The number of para-hydroxylation sites is 1. The van der Waals surface area contributed by atoms with E-state index in [1.165, 1.54) is 6.07 Å². The van der Waals surface area contributed by atoms with Crippen LogP contribution in [0, 0.1) is 0 Å². The molecule has 1 fully saturated rings. The van der Waals surface area contributed by atoms with Gasteiger partial charge in [-0.3, -0.25) is 9.59 Å². The summed E-state index contributed by atoms with van der Waals surface area (Å²) in [4.78, 5) is 26.9. The third kappa shape index (κ3) is 4.02. The first-order valence-electron chi connectivity index (χ1n) is 9.95. The van der Waals surface area contributed by atoms with Crippen LogP contribution in [0.1, 0.15) is 18.4 Å². The number of rotatable bonds is 6. The van der Waals surface area contributed by atoms with Crippen molar-refractivity contribution in [2.24, 2.45) is 5.73 Å². The van der Waals surface area contributed by atoms with Crippen molar-refractivity contribution in [2.45, 2.75) is 18.9 Å². The summed E-state index contributed by atoms with van der Waals surface area (Å²) in [5, 5.41) is 0.389. The summed E-state index contributed by atoms with van der Waals surface area (Å²) in [7, 11) is 0. The highest BCUT2D eigenvalue weighted by Gasteiger charge is 2.28. The van der Waals surface area contributed by atoms with Crippen molar-refractivity contribution in [1.82, 2.24) is 0 Å². The van der Waals surface area contributed by atoms with Crippen LogP contribution in [0.3, 0.4) is 0 Å². The fourth-order valence-corrected chi connectivity index (χ4v) is 3.65. The summed E-state index contributed by atoms with van der Waals surface area (Å²) in [5.41, 5.74) is 6.73. The summed E-state index contributed by atoms with van der Waals surface area (Å²) in [5.74, 6) is -0.104. The maximum Gasteiger partial charge on any atom is 0.259 e. The van der Waals surface area contributed by atoms with Crippen LogP contribution < -0.4 is 20.8 Å². The Morgan fingerprint density at radius 1 is 1.10 bits per heavy atom. The second kappa shape index (κ2) is 8.59. The highest BCUT2D eigenvalue weighted by atomic mass is 16.5. The number of anilines is 1. The van der Waals surface area contributed by atoms with E-state index < -0.39 is 12.0 Å². The van der Waals surface area contributed by atoms with Gasteiger partial charge in [-0.05, 0) is 17.7 Å². The molecule has 1 amide bonds. The second-order valence-electron chi connectivity index (χ2n) is 7.32. The van der Waals surface area contributed by atoms with Crippen LogP contribution in [0.4, 0.5) is 5.88 Å². The van der Waals surface area contributed by atoms with E-state index in [-0.39, 0.29) is 11.3 Å². The van der Waals surface area contributed by atoms with Gasteiger partial charge < -0.3 is 24.5 Å². The molecule has 1 aromatic heterocycles. The van der Waals surface area contributed by atoms with Gasteiger partial charge in [-0.15, -0.1) is 0 Å². The van der Waals surface area contributed by atoms with Crippen LogP contribution in [0.2, 0.25) is 0 Å². The van der Waals surface area contributed by atoms with Crippen molar-refractivity contribution < 1.29 is 18.7 Å². The summed E-state index contributed by atoms with van der Waals surface area (Å²) in [6.45, 7) is 4.28. The lowest BCUT2D eigenvalue weighted by Gasteiger charge is -2.27. The fourth-order valence-electron chi connectivity index (χ4n) is 3.65. The lowest BCUT2D eigenvalue weighted by Crippen LogP contribution is -2.38. The lowest BCUT2D eigenvalue weighted by atomic mass is 9.95. The molecule has 0 aliphatic carbocycles. The molecule has 2 aromatic carbocycles. The quantitative estimate of drug-likeness (QED) is 0.674. The van der Waals surface area contributed by atoms with Gasteiger partial charge in [0.25, 0.3) is 5.91 Å². The molecule has 2 unspecified atom stereocenters. The number of morpholine rings is 1. The molecule has 0 saturated carbocycles. The molecule has 2 heterocycles. The molecule has 2 atom stereocenters. The van der Waals surface area contributed by atoms with Crippen LogP contribution in [0.15, 0.2) is 63.8 Å². The third-order valence-electron chi connectivity index (χ3n) is 5.34. The smallest absolute Gasteiger partial charge is 0.259 e. The molecule has 7 heteroatoms. The molecule has 156 valence electrons. The van der Waals surface area contributed by atoms with Gasteiger partial charge in [-0.1, -0.05) is 43.3 Å². The van der Waals surface area contributed by atoms with Gasteiger partial charge in [-0.25, -0.2) is 0 Å². The molecule has 1 saturated heterocycles. The first kappa shape index (κ1) is 20.0. The van der Waals surface area contributed by atoms with Crippen molar-refractivity contribution in [3.05, 3.63) is 70.4 Å². The highest BCUT2D eigenvalue weighted by Crippen LogP contribution is 2.31. The number of primary amides is 1. The van der Waals surface area contributed by atoms with E-state index in [9.17, 15) is 9.59 Å². The molecule has 0 bridgehead atoms. The maximum atomic E-state index is 12.7. The predicted molar refractivity (Wildman–Crippen MR) is 114 cm³/mol. The van der Waals surface area contributed by atoms with Gasteiger partial charge in [0.05, 0.1) is 18.6 Å². The Hall–Kier alpha value is -3.32. The lowest BCUT2D eigenvalue weighted by molar-refractivity contribution is -0.125. The van der Waals surface area contributed by atoms with Gasteiger partial charge in [0.1, 0.15) is 0 Å². The first-order chi connectivity index (χ1) is 14.5. The van der Waals surface area contributed by atoms with Gasteiger partial charge in [0, 0.05) is 25.1 Å². The summed E-state index contributed by atoms with van der Waals surface area (Å²) in [6, 6.07) is 16.1. The van der Waals surface area contributed by atoms with E-state index >= 15 is 0 Å². The zero-order valence-electron chi connectivity index (χ0n) is 16.7. The minimum absolute atomic E-state index is 0.171. The van der Waals surface area contributed by atoms with Crippen LogP contribution in [-0.4, -0.2) is 38.3 Å². The molecule has 30 heavy (non-hydrogen) atoms. The standard InChI is InChI=1S/C23H24N2O5/c1-15(16-6-3-2-4-7-16)21(23(24)27)29-19-9-5-8-17-18(26)14-20(30-22(17)19)25-10-12-28-13-11-25/h2-9,14-15,21H,10-13H2,1H3,(H2,24,27). The second-order valence-corrected chi connectivity index (χ2v) is 7.32. The van der Waals surface area contributed by atoms with Crippen LogP contribution in [0.25, 0.3) is 11.0 Å². The highest BCUT2D eigenvalue weighted by molar-refractivity contribution is 5.85. The van der Waals surface area contributed by atoms with Crippen molar-refractivity contribution in [1.29, 1.82) is 0 Å². The minimum Gasteiger partial charge on any atom is -0.476 e. The van der Waals surface area contributed by atoms with Crippen molar-refractivity contribution >= 4 is 22.8 Å². The SMILES string of the molecule is CC(c1ccccc1)C(Oc1cccc2c(=O)cc(N3CCOCC3)oc12)C(N)=O. The van der Waals surface area contributed by atoms with Crippen LogP contribution in [-0.2, 0) is 9.53 Å². The number of amides is 1. The van der Waals surface area contributed by atoms with Crippen molar-refractivity contribution in [2.75, 3.05) is 31.2 Å². The average Bonchev–Trinajstić information content (AvgIpc) is 2.78. The molecular weight excluding hydrogens is 384 g/mol. The molecule has 7 nitrogen and oxygen atoms in total. The molecule has 1 aliphatic heterocycles. The molecule has 0 spiro atoms. The molecule has 3 aromatic rings. The van der Waals surface area contributed by atoms with Gasteiger partial charge >= 0.3 is 0 Å². The fraction of sp³-hybridized carbons (Fsp3) is 0.304. The van der Waals surface area contributed by atoms with Crippen LogP contribution in [0.5, 0.6) is 5.75 Å². The number of carbonyl (C=O) groups is 1. The van der Waals surface area contributed by atoms with Gasteiger partial charge in [-0.2, -0.15) is 0 Å². The molecule has 2 N–H and O–H groups in total. The molecular formula is C23H24N2O5.